The molecule has 3 aromatic rings. The second-order valence-corrected chi connectivity index (χ2v) is 15.1. The van der Waals surface area contributed by atoms with Crippen LogP contribution in [0.1, 0.15) is 6.92 Å². The number of rotatable bonds is 10. The second kappa shape index (κ2) is 9.98. The third-order valence-corrected chi connectivity index (χ3v) is 8.53. The number of benzene rings is 2. The van der Waals surface area contributed by atoms with Crippen molar-refractivity contribution in [2.24, 2.45) is 0 Å². The molecule has 4 nitrogen and oxygen atoms in total. The van der Waals surface area contributed by atoms with E-state index in [0.717, 1.165) is 38.4 Å². The van der Waals surface area contributed by atoms with E-state index < -0.39 is 8.07 Å². The standard InChI is InChI=1S/C22H27BrO4SSi/c1-16(29(2,3)4)25-15-26-19-9-10-20-21(14-28-22(20)13-19)27-18-7-5-17(6-8-18)24-12-11-23/h5-10,13-14,16H,11-12,15H2,1-4H3. The van der Waals surface area contributed by atoms with Gasteiger partial charge in [0.25, 0.3) is 0 Å². The van der Waals surface area contributed by atoms with Gasteiger partial charge in [-0.15, -0.1) is 11.3 Å². The van der Waals surface area contributed by atoms with Crippen LogP contribution in [0.5, 0.6) is 23.0 Å². The Morgan fingerprint density at radius 2 is 1.66 bits per heavy atom. The van der Waals surface area contributed by atoms with E-state index in [9.17, 15) is 0 Å². The van der Waals surface area contributed by atoms with Crippen LogP contribution in [-0.2, 0) is 4.74 Å². The van der Waals surface area contributed by atoms with Crippen molar-refractivity contribution in [1.29, 1.82) is 0 Å². The van der Waals surface area contributed by atoms with Crippen molar-refractivity contribution >= 4 is 45.4 Å². The fourth-order valence-corrected chi connectivity index (χ4v) is 4.11. The van der Waals surface area contributed by atoms with Crippen molar-refractivity contribution in [2.45, 2.75) is 32.3 Å². The molecule has 29 heavy (non-hydrogen) atoms. The number of ether oxygens (including phenoxy) is 4. The average molecular weight is 496 g/mol. The van der Waals surface area contributed by atoms with Gasteiger partial charge in [-0.2, -0.15) is 0 Å². The van der Waals surface area contributed by atoms with Crippen LogP contribution < -0.4 is 14.2 Å². The lowest BCUT2D eigenvalue weighted by atomic mass is 10.2. The maximum Gasteiger partial charge on any atom is 0.188 e. The highest BCUT2D eigenvalue weighted by atomic mass is 79.9. The first-order valence-electron chi connectivity index (χ1n) is 9.59. The molecule has 0 fully saturated rings. The molecule has 2 aromatic carbocycles. The molecule has 0 aliphatic heterocycles. The maximum atomic E-state index is 6.07. The van der Waals surface area contributed by atoms with E-state index in [1.165, 1.54) is 0 Å². The second-order valence-electron chi connectivity index (χ2n) is 7.81. The Kier molecular flexibility index (Phi) is 7.62. The predicted molar refractivity (Wildman–Crippen MR) is 127 cm³/mol. The molecule has 1 atom stereocenters. The number of thiophene rings is 1. The smallest absolute Gasteiger partial charge is 0.188 e. The molecule has 3 rings (SSSR count). The summed E-state index contributed by atoms with van der Waals surface area (Å²) in [5.74, 6) is 3.26. The Balaban J connectivity index is 1.61. The zero-order valence-corrected chi connectivity index (χ0v) is 20.6. The van der Waals surface area contributed by atoms with Crippen molar-refractivity contribution in [3.8, 4) is 23.0 Å². The van der Waals surface area contributed by atoms with Gasteiger partial charge in [0.15, 0.2) is 6.79 Å². The first-order valence-corrected chi connectivity index (χ1v) is 15.2. The zero-order chi connectivity index (χ0) is 20.9. The highest BCUT2D eigenvalue weighted by Crippen LogP contribution is 2.37. The van der Waals surface area contributed by atoms with E-state index in [0.29, 0.717) is 6.61 Å². The van der Waals surface area contributed by atoms with Gasteiger partial charge < -0.3 is 18.9 Å². The molecule has 1 heterocycles. The fraction of sp³-hybridized carbons (Fsp3) is 0.364. The molecular formula is C22H27BrO4SSi. The summed E-state index contributed by atoms with van der Waals surface area (Å²) in [5.41, 5.74) is 0.254. The minimum atomic E-state index is -1.31. The summed E-state index contributed by atoms with van der Waals surface area (Å²) < 4.78 is 24.4. The average Bonchev–Trinajstić information content (AvgIpc) is 3.08. The summed E-state index contributed by atoms with van der Waals surface area (Å²) in [4.78, 5) is 0. The van der Waals surface area contributed by atoms with E-state index in [2.05, 4.69) is 42.5 Å². The van der Waals surface area contributed by atoms with Gasteiger partial charge in [0.1, 0.15) is 23.0 Å². The van der Waals surface area contributed by atoms with Gasteiger partial charge in [-0.1, -0.05) is 35.6 Å². The third-order valence-electron chi connectivity index (χ3n) is 4.67. The Morgan fingerprint density at radius 3 is 2.34 bits per heavy atom. The molecule has 1 aromatic heterocycles. The number of alkyl halides is 1. The molecule has 0 amide bonds. The minimum absolute atomic E-state index is 0.254. The SMILES string of the molecule is CC(OCOc1ccc2c(Oc3ccc(OCCBr)cc3)csc2c1)[Si](C)(C)C. The molecule has 156 valence electrons. The largest absolute Gasteiger partial charge is 0.493 e. The van der Waals surface area contributed by atoms with Gasteiger partial charge in [-0.25, -0.2) is 0 Å². The number of halogens is 1. The lowest BCUT2D eigenvalue weighted by molar-refractivity contribution is 0.000376. The summed E-state index contributed by atoms with van der Waals surface area (Å²) in [5, 5.41) is 3.90. The molecule has 0 radical (unpaired) electrons. The first-order chi connectivity index (χ1) is 13.9. The fourth-order valence-electron chi connectivity index (χ4n) is 2.49. The molecule has 0 N–H and O–H groups in total. The molecule has 1 unspecified atom stereocenters. The van der Waals surface area contributed by atoms with E-state index >= 15 is 0 Å². The highest BCUT2D eigenvalue weighted by Gasteiger charge is 2.23. The van der Waals surface area contributed by atoms with Gasteiger partial charge in [-0.05, 0) is 49.4 Å². The number of hydrogen-bond donors (Lipinski definition) is 0. The van der Waals surface area contributed by atoms with Crippen molar-refractivity contribution in [2.75, 3.05) is 18.7 Å². The monoisotopic (exact) mass is 494 g/mol. The summed E-state index contributed by atoms with van der Waals surface area (Å²) in [6.07, 6.45) is 0. The van der Waals surface area contributed by atoms with Crippen LogP contribution in [0.3, 0.4) is 0 Å². The van der Waals surface area contributed by atoms with Gasteiger partial charge >= 0.3 is 0 Å². The molecular weight excluding hydrogens is 468 g/mol. The Hall–Kier alpha value is -1.54. The van der Waals surface area contributed by atoms with Crippen molar-refractivity contribution in [1.82, 2.24) is 0 Å². The molecule has 0 saturated carbocycles. The third kappa shape index (κ3) is 6.22. The van der Waals surface area contributed by atoms with Crippen LogP contribution in [-0.4, -0.2) is 32.5 Å². The molecule has 0 spiro atoms. The van der Waals surface area contributed by atoms with Gasteiger partial charge in [0.05, 0.1) is 14.7 Å². The van der Waals surface area contributed by atoms with Crippen molar-refractivity contribution in [3.63, 3.8) is 0 Å². The Bertz CT molecular complexity index is 921. The quantitative estimate of drug-likeness (QED) is 0.171. The van der Waals surface area contributed by atoms with Crippen LogP contribution in [0.4, 0.5) is 0 Å². The highest BCUT2D eigenvalue weighted by molar-refractivity contribution is 9.09. The van der Waals surface area contributed by atoms with E-state index in [-0.39, 0.29) is 12.5 Å². The van der Waals surface area contributed by atoms with E-state index in [1.54, 1.807) is 11.3 Å². The molecule has 0 bridgehead atoms. The minimum Gasteiger partial charge on any atom is -0.493 e. The van der Waals surface area contributed by atoms with Gasteiger partial charge in [0.2, 0.25) is 0 Å². The van der Waals surface area contributed by atoms with Crippen LogP contribution >= 0.6 is 27.3 Å². The van der Waals surface area contributed by atoms with Crippen molar-refractivity contribution in [3.05, 3.63) is 47.8 Å². The lowest BCUT2D eigenvalue weighted by Gasteiger charge is -2.25. The number of fused-ring (bicyclic) bond motifs is 1. The van der Waals surface area contributed by atoms with E-state index in [4.69, 9.17) is 18.9 Å². The topological polar surface area (TPSA) is 36.9 Å². The summed E-state index contributed by atoms with van der Waals surface area (Å²) in [6, 6.07) is 13.7. The summed E-state index contributed by atoms with van der Waals surface area (Å²) >= 11 is 4.99. The van der Waals surface area contributed by atoms with Crippen LogP contribution in [0, 0.1) is 0 Å². The molecule has 0 aliphatic rings. The molecule has 0 aliphatic carbocycles. The van der Waals surface area contributed by atoms with E-state index in [1.807, 2.05) is 47.8 Å². The maximum absolute atomic E-state index is 6.07. The lowest BCUT2D eigenvalue weighted by Crippen LogP contribution is -2.38. The predicted octanol–water partition coefficient (Wildman–Crippen LogP) is 7.09. The van der Waals surface area contributed by atoms with Crippen LogP contribution in [0.2, 0.25) is 19.6 Å². The van der Waals surface area contributed by atoms with Crippen LogP contribution in [0.15, 0.2) is 47.8 Å². The Morgan fingerprint density at radius 1 is 0.966 bits per heavy atom. The first kappa shape index (κ1) is 22.1. The zero-order valence-electron chi connectivity index (χ0n) is 17.2. The van der Waals surface area contributed by atoms with Crippen molar-refractivity contribution < 1.29 is 18.9 Å². The van der Waals surface area contributed by atoms with Gasteiger partial charge in [-0.3, -0.25) is 0 Å². The van der Waals surface area contributed by atoms with Crippen LogP contribution in [0.25, 0.3) is 10.1 Å². The molecule has 7 heteroatoms. The summed E-state index contributed by atoms with van der Waals surface area (Å²) in [7, 11) is -1.31. The Labute approximate surface area is 185 Å². The summed E-state index contributed by atoms with van der Waals surface area (Å²) in [6.45, 7) is 9.92. The van der Waals surface area contributed by atoms with Gasteiger partial charge in [0, 0.05) is 26.5 Å². The number of hydrogen-bond acceptors (Lipinski definition) is 5. The normalized spacial score (nSPS) is 12.7. The molecule has 0 saturated heterocycles.